The number of aromatic nitrogens is 2. The number of hydrazine groups is 1. The van der Waals surface area contributed by atoms with Gasteiger partial charge in [-0.05, 0) is 18.9 Å². The molecule has 0 aliphatic heterocycles. The van der Waals surface area contributed by atoms with Gasteiger partial charge < -0.3 is 0 Å². The van der Waals surface area contributed by atoms with Crippen LogP contribution in [0.2, 0.25) is 0 Å². The number of carbonyl (C=O) groups is 1. The van der Waals surface area contributed by atoms with Crippen LogP contribution in [0.15, 0.2) is 6.20 Å². The second kappa shape index (κ2) is 4.76. The summed E-state index contributed by atoms with van der Waals surface area (Å²) in [5, 5.41) is 7.96. The van der Waals surface area contributed by atoms with Crippen LogP contribution < -0.4 is 5.43 Å². The Bertz CT molecular complexity index is 308. The molecule has 0 aliphatic rings. The third kappa shape index (κ3) is 2.32. The van der Waals surface area contributed by atoms with E-state index in [1.54, 1.807) is 13.2 Å². The molecule has 0 aliphatic carbocycles. The number of carbonyl (C=O) groups excluding carboxylic acids is 1. The standard InChI is InChI=1S/C9H16N4O/c1-4-5-11-13(3)9(14)8-7(2)6-10-12-8/h6,11H,4-5H2,1-3H3,(H,10,12). The van der Waals surface area contributed by atoms with Crippen LogP contribution >= 0.6 is 0 Å². The number of hydrogen-bond donors (Lipinski definition) is 2. The number of aryl methyl sites for hydroxylation is 1. The van der Waals surface area contributed by atoms with E-state index in [2.05, 4.69) is 15.6 Å². The van der Waals surface area contributed by atoms with E-state index in [4.69, 9.17) is 0 Å². The van der Waals surface area contributed by atoms with Gasteiger partial charge in [-0.25, -0.2) is 5.43 Å². The molecule has 5 heteroatoms. The molecule has 0 fully saturated rings. The monoisotopic (exact) mass is 196 g/mol. The van der Waals surface area contributed by atoms with Crippen LogP contribution in [0, 0.1) is 6.92 Å². The molecule has 1 amide bonds. The molecule has 0 unspecified atom stereocenters. The maximum absolute atomic E-state index is 11.7. The largest absolute Gasteiger partial charge is 0.285 e. The first-order valence-corrected chi connectivity index (χ1v) is 4.68. The molecular weight excluding hydrogens is 180 g/mol. The smallest absolute Gasteiger partial charge is 0.276 e. The average molecular weight is 196 g/mol. The van der Waals surface area contributed by atoms with E-state index in [9.17, 15) is 4.79 Å². The number of nitrogens with zero attached hydrogens (tertiary/aromatic N) is 2. The van der Waals surface area contributed by atoms with Crippen molar-refractivity contribution in [2.75, 3.05) is 13.6 Å². The lowest BCUT2D eigenvalue weighted by atomic mass is 10.2. The number of nitrogens with one attached hydrogen (secondary N) is 2. The molecule has 0 saturated heterocycles. The van der Waals surface area contributed by atoms with Gasteiger partial charge in [-0.2, -0.15) is 5.10 Å². The van der Waals surface area contributed by atoms with Gasteiger partial charge in [-0.15, -0.1) is 0 Å². The van der Waals surface area contributed by atoms with Crippen LogP contribution in [0.5, 0.6) is 0 Å². The summed E-state index contributed by atoms with van der Waals surface area (Å²) in [6.07, 6.45) is 2.63. The minimum absolute atomic E-state index is 0.0894. The van der Waals surface area contributed by atoms with Gasteiger partial charge in [0.25, 0.3) is 5.91 Å². The van der Waals surface area contributed by atoms with Crippen LogP contribution in [-0.2, 0) is 0 Å². The van der Waals surface area contributed by atoms with Crippen molar-refractivity contribution in [2.45, 2.75) is 20.3 Å². The summed E-state index contributed by atoms with van der Waals surface area (Å²) in [5.41, 5.74) is 4.38. The predicted molar refractivity (Wildman–Crippen MR) is 53.7 cm³/mol. The molecule has 0 bridgehead atoms. The lowest BCUT2D eigenvalue weighted by molar-refractivity contribution is 0.0710. The molecule has 0 aromatic carbocycles. The molecule has 1 aromatic rings. The Kier molecular flexibility index (Phi) is 3.64. The molecule has 1 rings (SSSR count). The predicted octanol–water partition coefficient (Wildman–Crippen LogP) is 0.705. The lowest BCUT2D eigenvalue weighted by Gasteiger charge is -2.17. The molecule has 14 heavy (non-hydrogen) atoms. The van der Waals surface area contributed by atoms with Crippen molar-refractivity contribution >= 4 is 5.91 Å². The minimum atomic E-state index is -0.0894. The zero-order chi connectivity index (χ0) is 10.6. The molecule has 0 spiro atoms. The van der Waals surface area contributed by atoms with Gasteiger partial charge in [0.2, 0.25) is 0 Å². The zero-order valence-corrected chi connectivity index (χ0v) is 8.79. The molecule has 2 N–H and O–H groups in total. The third-order valence-electron chi connectivity index (χ3n) is 1.95. The molecular formula is C9H16N4O. The average Bonchev–Trinajstić information content (AvgIpc) is 2.59. The van der Waals surface area contributed by atoms with Crippen molar-refractivity contribution < 1.29 is 4.79 Å². The quantitative estimate of drug-likeness (QED) is 0.697. The Hall–Kier alpha value is -1.36. The van der Waals surface area contributed by atoms with Crippen molar-refractivity contribution in [1.29, 1.82) is 0 Å². The van der Waals surface area contributed by atoms with Crippen LogP contribution in [0.1, 0.15) is 29.4 Å². The molecule has 5 nitrogen and oxygen atoms in total. The Morgan fingerprint density at radius 3 is 2.93 bits per heavy atom. The lowest BCUT2D eigenvalue weighted by Crippen LogP contribution is -2.40. The fraction of sp³-hybridized carbons (Fsp3) is 0.556. The second-order valence-electron chi connectivity index (χ2n) is 3.20. The minimum Gasteiger partial charge on any atom is -0.276 e. The van der Waals surface area contributed by atoms with Crippen molar-refractivity contribution in [2.24, 2.45) is 0 Å². The maximum atomic E-state index is 11.7. The molecule has 1 aromatic heterocycles. The van der Waals surface area contributed by atoms with Crippen molar-refractivity contribution in [3.8, 4) is 0 Å². The van der Waals surface area contributed by atoms with E-state index < -0.39 is 0 Å². The Labute approximate surface area is 83.5 Å². The van der Waals surface area contributed by atoms with Crippen molar-refractivity contribution in [1.82, 2.24) is 20.6 Å². The van der Waals surface area contributed by atoms with Crippen LogP contribution in [0.3, 0.4) is 0 Å². The van der Waals surface area contributed by atoms with Gasteiger partial charge in [0.1, 0.15) is 5.69 Å². The Morgan fingerprint density at radius 1 is 1.71 bits per heavy atom. The van der Waals surface area contributed by atoms with Gasteiger partial charge in [-0.1, -0.05) is 6.92 Å². The summed E-state index contributed by atoms with van der Waals surface area (Å²) in [7, 11) is 1.71. The van der Waals surface area contributed by atoms with Gasteiger partial charge in [0.05, 0.1) is 6.20 Å². The van der Waals surface area contributed by atoms with Crippen LogP contribution in [0.25, 0.3) is 0 Å². The highest BCUT2D eigenvalue weighted by atomic mass is 16.2. The van der Waals surface area contributed by atoms with Crippen LogP contribution in [0.4, 0.5) is 0 Å². The van der Waals surface area contributed by atoms with Crippen LogP contribution in [-0.4, -0.2) is 34.7 Å². The fourth-order valence-electron chi connectivity index (χ4n) is 1.08. The highest BCUT2D eigenvalue weighted by Gasteiger charge is 2.14. The Morgan fingerprint density at radius 2 is 2.43 bits per heavy atom. The van der Waals surface area contributed by atoms with Crippen molar-refractivity contribution in [3.05, 3.63) is 17.5 Å². The first-order valence-electron chi connectivity index (χ1n) is 4.68. The third-order valence-corrected chi connectivity index (χ3v) is 1.95. The molecule has 0 atom stereocenters. The van der Waals surface area contributed by atoms with E-state index in [0.29, 0.717) is 5.69 Å². The van der Waals surface area contributed by atoms with E-state index in [0.717, 1.165) is 18.5 Å². The van der Waals surface area contributed by atoms with Gasteiger partial charge in [-0.3, -0.25) is 14.9 Å². The van der Waals surface area contributed by atoms with Gasteiger partial charge >= 0.3 is 0 Å². The maximum Gasteiger partial charge on any atom is 0.285 e. The summed E-state index contributed by atoms with van der Waals surface area (Å²) >= 11 is 0. The van der Waals surface area contributed by atoms with Crippen molar-refractivity contribution in [3.63, 3.8) is 0 Å². The number of aromatic amines is 1. The highest BCUT2D eigenvalue weighted by Crippen LogP contribution is 2.03. The molecule has 0 radical (unpaired) electrons. The van der Waals surface area contributed by atoms with Gasteiger partial charge in [0.15, 0.2) is 0 Å². The molecule has 78 valence electrons. The summed E-state index contributed by atoms with van der Waals surface area (Å²) in [6, 6.07) is 0. The van der Waals surface area contributed by atoms with E-state index in [1.165, 1.54) is 5.01 Å². The summed E-state index contributed by atoms with van der Waals surface area (Å²) < 4.78 is 0. The number of hydrogen-bond acceptors (Lipinski definition) is 3. The summed E-state index contributed by atoms with van der Waals surface area (Å²) in [6.45, 7) is 4.69. The SMILES string of the molecule is CCCNN(C)C(=O)c1[nH]ncc1C. The summed E-state index contributed by atoms with van der Waals surface area (Å²) in [4.78, 5) is 11.7. The highest BCUT2D eigenvalue weighted by molar-refractivity contribution is 5.93. The van der Waals surface area contributed by atoms with Gasteiger partial charge in [0, 0.05) is 13.6 Å². The van der Waals surface area contributed by atoms with E-state index >= 15 is 0 Å². The normalized spacial score (nSPS) is 10.2. The number of rotatable bonds is 4. The van der Waals surface area contributed by atoms with E-state index in [1.807, 2.05) is 13.8 Å². The zero-order valence-electron chi connectivity index (χ0n) is 8.79. The topological polar surface area (TPSA) is 61.0 Å². The van der Waals surface area contributed by atoms with E-state index in [-0.39, 0.29) is 5.91 Å². The number of H-pyrrole nitrogens is 1. The molecule has 0 saturated carbocycles. The first kappa shape index (κ1) is 10.7. The number of amides is 1. The first-order chi connectivity index (χ1) is 6.66. The Balaban J connectivity index is 2.61. The molecule has 1 heterocycles. The second-order valence-corrected chi connectivity index (χ2v) is 3.20. The fourth-order valence-corrected chi connectivity index (χ4v) is 1.08. The summed E-state index contributed by atoms with van der Waals surface area (Å²) in [5.74, 6) is -0.0894.